The van der Waals surface area contributed by atoms with E-state index in [4.69, 9.17) is 10.3 Å². The summed E-state index contributed by atoms with van der Waals surface area (Å²) in [6.45, 7) is 5.04. The molecule has 0 saturated carbocycles. The fourth-order valence-corrected chi connectivity index (χ4v) is 1.92. The van der Waals surface area contributed by atoms with Gasteiger partial charge >= 0.3 is 0 Å². The summed E-state index contributed by atoms with van der Waals surface area (Å²) in [7, 11) is -4.00. The lowest BCUT2D eigenvalue weighted by Crippen LogP contribution is -2.30. The van der Waals surface area contributed by atoms with E-state index >= 15 is 0 Å². The monoisotopic (exact) mass is 348 g/mol. The van der Waals surface area contributed by atoms with Crippen molar-refractivity contribution < 1.29 is 17.8 Å². The Morgan fingerprint density at radius 1 is 1.32 bits per heavy atom. The third-order valence-corrected chi connectivity index (χ3v) is 3.56. The van der Waals surface area contributed by atoms with E-state index in [0.29, 0.717) is 19.5 Å². The second kappa shape index (κ2) is 9.83. The number of rotatable bonds is 6. The Labute approximate surface area is 137 Å². The van der Waals surface area contributed by atoms with E-state index in [2.05, 4.69) is 17.9 Å². The van der Waals surface area contributed by atoms with Crippen molar-refractivity contribution in [1.29, 1.82) is 0 Å². The molecule has 0 spiro atoms. The zero-order valence-electron chi connectivity index (χ0n) is 12.8. The van der Waals surface area contributed by atoms with Gasteiger partial charge in [0.25, 0.3) is 10.1 Å². The molecule has 0 aliphatic heterocycles. The Morgan fingerprint density at radius 3 is 2.23 bits per heavy atom. The fourth-order valence-electron chi connectivity index (χ4n) is 1.31. The summed E-state index contributed by atoms with van der Waals surface area (Å²) < 4.78 is 29.2. The molecule has 0 bridgehead atoms. The molecule has 22 heavy (non-hydrogen) atoms. The SMILES string of the molecule is CC(C)(S)CCC(=O)NCCN.O=S(=O)(O)c1ccccc1. The van der Waals surface area contributed by atoms with Crippen molar-refractivity contribution in [3.05, 3.63) is 30.3 Å². The van der Waals surface area contributed by atoms with E-state index < -0.39 is 10.1 Å². The third-order valence-electron chi connectivity index (χ3n) is 2.47. The summed E-state index contributed by atoms with van der Waals surface area (Å²) in [6, 6.07) is 7.42. The highest BCUT2D eigenvalue weighted by molar-refractivity contribution is 7.85. The molecule has 1 rings (SSSR count). The van der Waals surface area contributed by atoms with Crippen LogP contribution in [0.3, 0.4) is 0 Å². The number of carbonyl (C=O) groups is 1. The van der Waals surface area contributed by atoms with Crippen molar-refractivity contribution >= 4 is 28.7 Å². The van der Waals surface area contributed by atoms with Gasteiger partial charge in [0.2, 0.25) is 5.91 Å². The highest BCUT2D eigenvalue weighted by Crippen LogP contribution is 2.18. The second-order valence-electron chi connectivity index (χ2n) is 5.24. The first kappa shape index (κ1) is 20.9. The molecule has 0 aromatic heterocycles. The fraction of sp³-hybridized carbons (Fsp3) is 0.500. The van der Waals surface area contributed by atoms with Gasteiger partial charge in [-0.05, 0) is 18.6 Å². The first-order valence-electron chi connectivity index (χ1n) is 6.78. The molecule has 126 valence electrons. The minimum Gasteiger partial charge on any atom is -0.355 e. The Bertz CT molecular complexity index is 540. The van der Waals surface area contributed by atoms with E-state index in [9.17, 15) is 13.2 Å². The molecule has 0 atom stereocenters. The topological polar surface area (TPSA) is 109 Å². The van der Waals surface area contributed by atoms with Gasteiger partial charge in [0.05, 0.1) is 4.90 Å². The lowest BCUT2D eigenvalue weighted by atomic mass is 10.1. The molecule has 8 heteroatoms. The molecule has 0 aliphatic rings. The van der Waals surface area contributed by atoms with Crippen LogP contribution in [0.2, 0.25) is 0 Å². The Kier molecular flexibility index (Phi) is 9.34. The molecule has 0 aliphatic carbocycles. The molecular formula is C14H24N2O4S2. The summed E-state index contributed by atoms with van der Waals surface area (Å²) in [5.41, 5.74) is 5.23. The van der Waals surface area contributed by atoms with Gasteiger partial charge in [-0.2, -0.15) is 21.0 Å². The maximum absolute atomic E-state index is 11.0. The highest BCUT2D eigenvalue weighted by Gasteiger charge is 2.13. The van der Waals surface area contributed by atoms with Crippen LogP contribution in [0.1, 0.15) is 26.7 Å². The summed E-state index contributed by atoms with van der Waals surface area (Å²) in [5, 5.41) is 2.71. The van der Waals surface area contributed by atoms with Gasteiger partial charge in [-0.3, -0.25) is 9.35 Å². The third kappa shape index (κ3) is 11.6. The second-order valence-corrected chi connectivity index (χ2v) is 7.87. The van der Waals surface area contributed by atoms with Gasteiger partial charge in [0, 0.05) is 24.3 Å². The molecule has 4 N–H and O–H groups in total. The smallest absolute Gasteiger partial charge is 0.294 e. The van der Waals surface area contributed by atoms with Gasteiger partial charge in [0.15, 0.2) is 0 Å². The van der Waals surface area contributed by atoms with Gasteiger partial charge in [0.1, 0.15) is 0 Å². The number of thiol groups is 1. The molecule has 1 aromatic rings. The van der Waals surface area contributed by atoms with Crippen LogP contribution in [-0.2, 0) is 14.9 Å². The quantitative estimate of drug-likeness (QED) is 0.460. The Hall–Kier alpha value is -1.09. The average Bonchev–Trinajstić information content (AvgIpc) is 2.43. The number of amides is 1. The molecule has 0 radical (unpaired) electrons. The van der Waals surface area contributed by atoms with Crippen molar-refractivity contribution in [3.63, 3.8) is 0 Å². The largest absolute Gasteiger partial charge is 0.355 e. The Morgan fingerprint density at radius 2 is 1.86 bits per heavy atom. The van der Waals surface area contributed by atoms with Crippen LogP contribution in [0.15, 0.2) is 35.2 Å². The lowest BCUT2D eigenvalue weighted by molar-refractivity contribution is -0.121. The zero-order chi connectivity index (χ0) is 17.2. The maximum atomic E-state index is 11.0. The van der Waals surface area contributed by atoms with Gasteiger partial charge in [-0.1, -0.05) is 32.0 Å². The highest BCUT2D eigenvalue weighted by atomic mass is 32.2. The van der Waals surface area contributed by atoms with Crippen molar-refractivity contribution in [1.82, 2.24) is 5.32 Å². The van der Waals surface area contributed by atoms with Gasteiger partial charge in [-0.25, -0.2) is 0 Å². The van der Waals surface area contributed by atoms with E-state index in [1.54, 1.807) is 18.2 Å². The minimum atomic E-state index is -4.00. The van der Waals surface area contributed by atoms with Gasteiger partial charge in [-0.15, -0.1) is 0 Å². The molecule has 0 saturated heterocycles. The number of nitrogens with two attached hydrogens (primary N) is 1. The van der Waals surface area contributed by atoms with Crippen molar-refractivity contribution in [2.24, 2.45) is 5.73 Å². The lowest BCUT2D eigenvalue weighted by Gasteiger charge is -2.16. The van der Waals surface area contributed by atoms with E-state index in [1.165, 1.54) is 12.1 Å². The number of carbonyl (C=O) groups excluding carboxylic acids is 1. The molecule has 1 amide bonds. The summed E-state index contributed by atoms with van der Waals surface area (Å²) in [4.78, 5) is 11.0. The van der Waals surface area contributed by atoms with E-state index in [1.807, 2.05) is 13.8 Å². The van der Waals surface area contributed by atoms with Crippen LogP contribution in [0.4, 0.5) is 0 Å². The van der Waals surface area contributed by atoms with Crippen LogP contribution in [-0.4, -0.2) is 36.7 Å². The maximum Gasteiger partial charge on any atom is 0.294 e. The molecule has 6 nitrogen and oxygen atoms in total. The zero-order valence-corrected chi connectivity index (χ0v) is 14.5. The van der Waals surface area contributed by atoms with Crippen LogP contribution in [0, 0.1) is 0 Å². The molecule has 1 aromatic carbocycles. The molecule has 0 unspecified atom stereocenters. The predicted octanol–water partition coefficient (Wildman–Crippen LogP) is 1.48. The summed E-state index contributed by atoms with van der Waals surface area (Å²) >= 11 is 4.32. The first-order valence-corrected chi connectivity index (χ1v) is 8.66. The van der Waals surface area contributed by atoms with Gasteiger partial charge < -0.3 is 11.1 Å². The van der Waals surface area contributed by atoms with Crippen LogP contribution < -0.4 is 11.1 Å². The number of benzene rings is 1. The normalized spacial score (nSPS) is 11.3. The summed E-state index contributed by atoms with van der Waals surface area (Å²) in [6.07, 6.45) is 1.31. The summed E-state index contributed by atoms with van der Waals surface area (Å²) in [5.74, 6) is 0.0579. The van der Waals surface area contributed by atoms with E-state index in [0.717, 1.165) is 6.42 Å². The predicted molar refractivity (Wildman–Crippen MR) is 90.6 cm³/mol. The first-order chi connectivity index (χ1) is 10.1. The average molecular weight is 348 g/mol. The van der Waals surface area contributed by atoms with Crippen LogP contribution >= 0.6 is 12.6 Å². The number of nitrogens with one attached hydrogen (secondary N) is 1. The van der Waals surface area contributed by atoms with Crippen molar-refractivity contribution in [2.45, 2.75) is 36.3 Å². The van der Waals surface area contributed by atoms with E-state index in [-0.39, 0.29) is 15.5 Å². The van der Waals surface area contributed by atoms with Crippen LogP contribution in [0.5, 0.6) is 0 Å². The molecule has 0 heterocycles. The van der Waals surface area contributed by atoms with Crippen molar-refractivity contribution in [3.8, 4) is 0 Å². The molecular weight excluding hydrogens is 324 g/mol. The van der Waals surface area contributed by atoms with Crippen LogP contribution in [0.25, 0.3) is 0 Å². The minimum absolute atomic E-state index is 0.0579. The Balaban J connectivity index is 0.000000406. The number of hydrogen-bond donors (Lipinski definition) is 4. The van der Waals surface area contributed by atoms with Crippen molar-refractivity contribution in [2.75, 3.05) is 13.1 Å². The molecule has 0 fully saturated rings. The number of hydrogen-bond acceptors (Lipinski definition) is 5. The standard InChI is InChI=1S/C8H18N2OS.C6H6O3S/c1-8(2,12)4-3-7(11)10-6-5-9;7-10(8,9)6-4-2-1-3-5-6/h12H,3-6,9H2,1-2H3,(H,10,11);1-5H,(H,7,8,9).